The van der Waals surface area contributed by atoms with E-state index in [2.05, 4.69) is 4.72 Å². The van der Waals surface area contributed by atoms with E-state index in [1.165, 1.54) is 0 Å². The van der Waals surface area contributed by atoms with E-state index in [0.29, 0.717) is 5.88 Å². The van der Waals surface area contributed by atoms with Gasteiger partial charge in [-0.2, -0.15) is 0 Å². The second-order valence-electron chi connectivity index (χ2n) is 2.79. The van der Waals surface area contributed by atoms with Crippen LogP contribution in [0.3, 0.4) is 0 Å². The molecule has 0 aromatic heterocycles. The number of hydrogen-bond donors (Lipinski definition) is 1. The summed E-state index contributed by atoms with van der Waals surface area (Å²) in [6.45, 7) is 0.254. The molecular formula is C10H12ClNO2S. The van der Waals surface area contributed by atoms with Crippen molar-refractivity contribution >= 4 is 21.6 Å². The third-order valence-electron chi connectivity index (χ3n) is 1.70. The molecule has 0 aliphatic rings. The summed E-state index contributed by atoms with van der Waals surface area (Å²) in [4.78, 5) is 0.268. The molecule has 0 atom stereocenters. The molecule has 0 bridgehead atoms. The fourth-order valence-electron chi connectivity index (χ4n) is 0.987. The van der Waals surface area contributed by atoms with Crippen molar-refractivity contribution in [1.29, 1.82) is 0 Å². The van der Waals surface area contributed by atoms with Gasteiger partial charge < -0.3 is 0 Å². The topological polar surface area (TPSA) is 46.2 Å². The fourth-order valence-corrected chi connectivity index (χ4v) is 2.11. The first-order chi connectivity index (χ1) is 7.17. The number of hydrogen-bond acceptors (Lipinski definition) is 2. The number of alkyl halides is 1. The first-order valence-electron chi connectivity index (χ1n) is 4.42. The minimum absolute atomic E-state index is 0.254. The number of benzene rings is 1. The van der Waals surface area contributed by atoms with Crippen LogP contribution in [0.25, 0.3) is 0 Å². The van der Waals surface area contributed by atoms with Gasteiger partial charge in [-0.1, -0.05) is 30.4 Å². The zero-order chi connectivity index (χ0) is 11.1. The zero-order valence-electron chi connectivity index (χ0n) is 8.06. The maximum absolute atomic E-state index is 11.6. The first-order valence-corrected chi connectivity index (χ1v) is 6.44. The molecule has 5 heteroatoms. The summed E-state index contributed by atoms with van der Waals surface area (Å²) in [6.07, 6.45) is 3.36. The monoisotopic (exact) mass is 245 g/mol. The van der Waals surface area contributed by atoms with Crippen LogP contribution in [0, 0.1) is 0 Å². The largest absolute Gasteiger partial charge is 0.240 e. The number of rotatable bonds is 5. The number of sulfonamides is 1. The van der Waals surface area contributed by atoms with E-state index in [0.717, 1.165) is 0 Å². The van der Waals surface area contributed by atoms with Crippen molar-refractivity contribution in [3.8, 4) is 0 Å². The lowest BCUT2D eigenvalue weighted by atomic mass is 10.4. The third kappa shape index (κ3) is 4.03. The maximum atomic E-state index is 11.6. The molecule has 0 heterocycles. The van der Waals surface area contributed by atoms with E-state index in [1.54, 1.807) is 42.5 Å². The summed E-state index contributed by atoms with van der Waals surface area (Å²) in [6, 6.07) is 8.24. The minimum atomic E-state index is -3.39. The molecule has 3 nitrogen and oxygen atoms in total. The molecule has 1 N–H and O–H groups in total. The summed E-state index contributed by atoms with van der Waals surface area (Å²) < 4.78 is 25.7. The Kier molecular flexibility index (Phi) is 4.81. The normalized spacial score (nSPS) is 12.1. The van der Waals surface area contributed by atoms with Crippen LogP contribution in [-0.2, 0) is 10.0 Å². The summed E-state index contributed by atoms with van der Waals surface area (Å²) in [5.41, 5.74) is 0. The fraction of sp³-hybridized carbons (Fsp3) is 0.200. The van der Waals surface area contributed by atoms with E-state index in [4.69, 9.17) is 11.6 Å². The highest BCUT2D eigenvalue weighted by Crippen LogP contribution is 2.06. The van der Waals surface area contributed by atoms with E-state index in [9.17, 15) is 8.42 Å². The number of nitrogens with one attached hydrogen (secondary N) is 1. The molecule has 0 aliphatic carbocycles. The van der Waals surface area contributed by atoms with E-state index < -0.39 is 10.0 Å². The highest BCUT2D eigenvalue weighted by Gasteiger charge is 2.10. The summed E-state index contributed by atoms with van der Waals surface area (Å²) >= 11 is 5.40. The molecule has 1 rings (SSSR count). The molecule has 1 aromatic carbocycles. The van der Waals surface area contributed by atoms with E-state index >= 15 is 0 Å². The lowest BCUT2D eigenvalue weighted by Crippen LogP contribution is -2.23. The summed E-state index contributed by atoms with van der Waals surface area (Å²) in [7, 11) is -3.39. The molecule has 0 amide bonds. The molecule has 82 valence electrons. The number of halogens is 1. The van der Waals surface area contributed by atoms with E-state index in [-0.39, 0.29) is 11.4 Å². The minimum Gasteiger partial charge on any atom is -0.207 e. The Bertz CT molecular complexity index is 414. The van der Waals surface area contributed by atoms with Gasteiger partial charge in [0.15, 0.2) is 0 Å². The average molecular weight is 246 g/mol. The Morgan fingerprint density at radius 1 is 1.20 bits per heavy atom. The summed E-state index contributed by atoms with van der Waals surface area (Å²) in [5, 5.41) is 0. The van der Waals surface area contributed by atoms with Gasteiger partial charge in [0, 0.05) is 12.4 Å². The van der Waals surface area contributed by atoms with Crippen molar-refractivity contribution < 1.29 is 8.42 Å². The molecule has 0 saturated heterocycles. The predicted octanol–water partition coefficient (Wildman–Crippen LogP) is 1.76. The van der Waals surface area contributed by atoms with Gasteiger partial charge in [0.1, 0.15) is 0 Å². The third-order valence-corrected chi connectivity index (χ3v) is 3.32. The lowest BCUT2D eigenvalue weighted by molar-refractivity contribution is 0.585. The average Bonchev–Trinajstić information content (AvgIpc) is 2.26. The van der Waals surface area contributed by atoms with Gasteiger partial charge in [0.2, 0.25) is 10.0 Å². The van der Waals surface area contributed by atoms with Crippen LogP contribution >= 0.6 is 11.6 Å². The Morgan fingerprint density at radius 3 is 2.47 bits per heavy atom. The SMILES string of the molecule is O=S(=O)(NCC=CCCl)c1ccccc1. The van der Waals surface area contributed by atoms with Crippen molar-refractivity contribution in [2.24, 2.45) is 0 Å². The van der Waals surface area contributed by atoms with Crippen molar-refractivity contribution in [3.05, 3.63) is 42.5 Å². The molecule has 0 saturated carbocycles. The molecule has 1 aromatic rings. The lowest BCUT2D eigenvalue weighted by Gasteiger charge is -2.03. The van der Waals surface area contributed by atoms with Gasteiger partial charge in [0.05, 0.1) is 4.90 Å². The van der Waals surface area contributed by atoms with Crippen LogP contribution in [0.2, 0.25) is 0 Å². The van der Waals surface area contributed by atoms with Crippen LogP contribution in [0.5, 0.6) is 0 Å². The predicted molar refractivity (Wildman–Crippen MR) is 61.5 cm³/mol. The molecular weight excluding hydrogens is 234 g/mol. The molecule has 0 aliphatic heterocycles. The van der Waals surface area contributed by atoms with Crippen LogP contribution in [0.1, 0.15) is 0 Å². The maximum Gasteiger partial charge on any atom is 0.240 e. The Morgan fingerprint density at radius 2 is 1.87 bits per heavy atom. The second kappa shape index (κ2) is 5.90. The van der Waals surface area contributed by atoms with Gasteiger partial charge in [-0.3, -0.25) is 0 Å². The quantitative estimate of drug-likeness (QED) is 0.635. The van der Waals surface area contributed by atoms with Crippen LogP contribution in [0.15, 0.2) is 47.4 Å². The Labute approximate surface area is 94.8 Å². The highest BCUT2D eigenvalue weighted by molar-refractivity contribution is 7.89. The van der Waals surface area contributed by atoms with Gasteiger partial charge in [0.25, 0.3) is 0 Å². The molecule has 0 spiro atoms. The zero-order valence-corrected chi connectivity index (χ0v) is 9.63. The van der Waals surface area contributed by atoms with Crippen LogP contribution in [-0.4, -0.2) is 20.8 Å². The van der Waals surface area contributed by atoms with Crippen molar-refractivity contribution in [1.82, 2.24) is 4.72 Å². The smallest absolute Gasteiger partial charge is 0.207 e. The number of allylic oxidation sites excluding steroid dienone is 1. The molecule has 15 heavy (non-hydrogen) atoms. The van der Waals surface area contributed by atoms with Crippen molar-refractivity contribution in [2.75, 3.05) is 12.4 Å². The van der Waals surface area contributed by atoms with Gasteiger partial charge in [-0.05, 0) is 12.1 Å². The standard InChI is InChI=1S/C10H12ClNO2S/c11-8-4-5-9-12-15(13,14)10-6-2-1-3-7-10/h1-7,12H,8-9H2. The van der Waals surface area contributed by atoms with Crippen LogP contribution in [0.4, 0.5) is 0 Å². The van der Waals surface area contributed by atoms with E-state index in [1.807, 2.05) is 0 Å². The van der Waals surface area contributed by atoms with Gasteiger partial charge >= 0.3 is 0 Å². The molecule has 0 fully saturated rings. The van der Waals surface area contributed by atoms with Crippen molar-refractivity contribution in [2.45, 2.75) is 4.90 Å². The second-order valence-corrected chi connectivity index (χ2v) is 4.87. The van der Waals surface area contributed by atoms with Gasteiger partial charge in [-0.15, -0.1) is 11.6 Å². The summed E-state index contributed by atoms with van der Waals surface area (Å²) in [5.74, 6) is 0.382. The molecule has 0 radical (unpaired) electrons. The van der Waals surface area contributed by atoms with Crippen molar-refractivity contribution in [3.63, 3.8) is 0 Å². The first kappa shape index (κ1) is 12.2. The Hall–Kier alpha value is -0.840. The molecule has 0 unspecified atom stereocenters. The Balaban J connectivity index is 2.65. The highest BCUT2D eigenvalue weighted by atomic mass is 35.5. The van der Waals surface area contributed by atoms with Gasteiger partial charge in [-0.25, -0.2) is 13.1 Å². The van der Waals surface area contributed by atoms with Crippen LogP contribution < -0.4 is 4.72 Å².